The summed E-state index contributed by atoms with van der Waals surface area (Å²) < 4.78 is 36.5. The lowest BCUT2D eigenvalue weighted by Crippen LogP contribution is -2.52. The Morgan fingerprint density at radius 1 is 0.895 bits per heavy atom. The molecule has 19 nitrogen and oxygen atoms in total. The molecule has 86 heavy (non-hydrogen) atoms. The fourth-order valence-corrected chi connectivity index (χ4v) is 14.7. The number of aromatic nitrogens is 2. The monoisotopic (exact) mass is 1220 g/mol. The number of H-pyrrole nitrogens is 1. The van der Waals surface area contributed by atoms with Gasteiger partial charge >= 0.3 is 0 Å². The quantitative estimate of drug-likeness (QED) is 0.0163. The molecule has 6 aromatic rings. The van der Waals surface area contributed by atoms with Gasteiger partial charge in [0.1, 0.15) is 28.9 Å². The third kappa shape index (κ3) is 14.2. The van der Waals surface area contributed by atoms with Crippen LogP contribution in [0.3, 0.4) is 0 Å². The van der Waals surface area contributed by atoms with E-state index in [-0.39, 0.29) is 46.6 Å². The lowest BCUT2D eigenvalue weighted by Gasteiger charge is -2.39. The number of sulfonamides is 1. The Balaban J connectivity index is 0.658. The number of unbranched alkanes of at least 4 members (excludes halogenated alkanes) is 3. The summed E-state index contributed by atoms with van der Waals surface area (Å²) >= 11 is 8.01. The first-order valence-corrected chi connectivity index (χ1v) is 32.7. The highest BCUT2D eigenvalue weighted by Gasteiger charge is 2.40. The largest absolute Gasteiger partial charge is 0.455 e. The molecule has 3 saturated heterocycles. The number of piperazine rings is 1. The van der Waals surface area contributed by atoms with Gasteiger partial charge in [-0.15, -0.1) is 11.8 Å². The lowest BCUT2D eigenvalue weighted by atomic mass is 9.72. The van der Waals surface area contributed by atoms with Crippen LogP contribution in [0.2, 0.25) is 5.02 Å². The molecule has 5 aliphatic rings. The van der Waals surface area contributed by atoms with E-state index in [0.717, 1.165) is 135 Å². The Kier molecular flexibility index (Phi) is 18.5. The van der Waals surface area contributed by atoms with E-state index in [2.05, 4.69) is 66.0 Å². The Morgan fingerprint density at radius 3 is 2.47 bits per heavy atom. The molecule has 2 aromatic heterocycles. The second-order valence-electron chi connectivity index (χ2n) is 24.0. The number of benzene rings is 4. The first kappa shape index (κ1) is 60.4. The van der Waals surface area contributed by atoms with Crippen LogP contribution in [-0.2, 0) is 26.2 Å². The van der Waals surface area contributed by atoms with Crippen LogP contribution in [0, 0.1) is 21.4 Å². The van der Waals surface area contributed by atoms with Gasteiger partial charge < -0.3 is 29.7 Å². The van der Waals surface area contributed by atoms with Crippen molar-refractivity contribution in [3.05, 3.63) is 146 Å². The van der Waals surface area contributed by atoms with E-state index >= 15 is 0 Å². The molecule has 4 N–H and O–H groups in total. The zero-order chi connectivity index (χ0) is 60.1. The maximum absolute atomic E-state index is 14.2. The molecule has 1 atom stereocenters. The Bertz CT molecular complexity index is 3690. The molecule has 4 amide bonds. The molecular formula is C64H73ClN10O9S2. The normalized spacial score (nSPS) is 18.8. The van der Waals surface area contributed by atoms with Crippen molar-refractivity contribution in [2.75, 3.05) is 74.9 Å². The first-order chi connectivity index (χ1) is 41.4. The van der Waals surface area contributed by atoms with Crippen LogP contribution in [0.5, 0.6) is 11.5 Å². The average Bonchev–Trinajstić information content (AvgIpc) is 4.36. The molecule has 3 fully saturated rings. The zero-order valence-electron chi connectivity index (χ0n) is 48.6. The number of allylic oxidation sites excluding steroid dienone is 1. The number of hydrogen-bond acceptors (Lipinski definition) is 15. The highest BCUT2D eigenvalue weighted by Crippen LogP contribution is 2.44. The maximum Gasteiger partial charge on any atom is 0.293 e. The van der Waals surface area contributed by atoms with Gasteiger partial charge in [-0.1, -0.05) is 62.1 Å². The number of ether oxygens (including phenoxy) is 1. The highest BCUT2D eigenvalue weighted by molar-refractivity contribution is 7.99. The molecular weight excluding hydrogens is 1150 g/mol. The van der Waals surface area contributed by atoms with Crippen molar-refractivity contribution in [1.82, 2.24) is 34.7 Å². The van der Waals surface area contributed by atoms with Gasteiger partial charge in [-0.2, -0.15) is 0 Å². The molecule has 0 bridgehead atoms. The maximum atomic E-state index is 14.2. The number of nitrogens with zero attached hydrogens (tertiary/aromatic N) is 6. The summed E-state index contributed by atoms with van der Waals surface area (Å²) in [5, 5.41) is 19.6. The van der Waals surface area contributed by atoms with Crippen LogP contribution in [0.25, 0.3) is 16.6 Å². The number of nitro groups is 1. The van der Waals surface area contributed by atoms with Gasteiger partial charge in [0.25, 0.3) is 27.5 Å². The first-order valence-electron chi connectivity index (χ1n) is 29.8. The third-order valence-electron chi connectivity index (χ3n) is 17.5. The summed E-state index contributed by atoms with van der Waals surface area (Å²) in [5.74, 6) is -0.198. The molecule has 1 unspecified atom stereocenters. The summed E-state index contributed by atoms with van der Waals surface area (Å²) in [6.45, 7) is 12.2. The molecule has 4 aromatic carbocycles. The second kappa shape index (κ2) is 26.4. The second-order valence-corrected chi connectivity index (χ2v) is 27.3. The topological polar surface area (TPSA) is 233 Å². The van der Waals surface area contributed by atoms with E-state index in [1.54, 1.807) is 47.1 Å². The summed E-state index contributed by atoms with van der Waals surface area (Å²) in [7, 11) is -4.62. The lowest BCUT2D eigenvalue weighted by molar-refractivity contribution is -0.384. The minimum absolute atomic E-state index is 0.0480. The van der Waals surface area contributed by atoms with Crippen LogP contribution < -0.4 is 25.0 Å². The Hall–Kier alpha value is -7.30. The number of amides is 4. The van der Waals surface area contributed by atoms with Gasteiger partial charge in [0.15, 0.2) is 0 Å². The van der Waals surface area contributed by atoms with Crippen molar-refractivity contribution in [1.29, 1.82) is 0 Å². The molecule has 6 heterocycles. The number of imide groups is 1. The molecule has 0 radical (unpaired) electrons. The van der Waals surface area contributed by atoms with Crippen LogP contribution >= 0.6 is 23.4 Å². The van der Waals surface area contributed by atoms with Crippen molar-refractivity contribution >= 4 is 90.7 Å². The molecule has 4 aliphatic heterocycles. The number of thioether (sulfide) groups is 1. The summed E-state index contributed by atoms with van der Waals surface area (Å²) in [6.07, 6.45) is 13.1. The van der Waals surface area contributed by atoms with E-state index < -0.39 is 43.4 Å². The third-order valence-corrected chi connectivity index (χ3v) is 20.3. The number of aromatic amines is 1. The minimum atomic E-state index is -4.62. The molecule has 22 heteroatoms. The number of carbonyl (C=O) groups excluding carboxylic acids is 4. The number of rotatable bonds is 22. The van der Waals surface area contributed by atoms with Crippen molar-refractivity contribution in [2.45, 2.75) is 107 Å². The smallest absolute Gasteiger partial charge is 0.293 e. The Labute approximate surface area is 510 Å². The molecule has 0 spiro atoms. The van der Waals surface area contributed by atoms with Gasteiger partial charge in [-0.25, -0.2) is 18.1 Å². The van der Waals surface area contributed by atoms with Crippen LogP contribution in [0.4, 0.5) is 17.1 Å². The fourth-order valence-electron chi connectivity index (χ4n) is 12.5. The highest BCUT2D eigenvalue weighted by atomic mass is 35.5. The summed E-state index contributed by atoms with van der Waals surface area (Å²) in [6, 6.07) is 25.6. The van der Waals surface area contributed by atoms with Crippen LogP contribution in [-0.4, -0.2) is 132 Å². The van der Waals surface area contributed by atoms with E-state index in [9.17, 15) is 37.7 Å². The number of nitro benzene ring substituents is 1. The van der Waals surface area contributed by atoms with Crippen molar-refractivity contribution in [3.8, 4) is 11.5 Å². The average molecular weight is 1230 g/mol. The SMILES string of the molecule is CC1(C)CCC(CN2CCN(c3ccc(C(=O)NS(=O)(=O)c4ccc(NCC5CCN(CCCCCCSc6cccc7c6CN(C6CCC(=O)NC6=O)C7=O)CC5)c([N+](=O)[O-])c4)c(Oc4cnc5[nH]ccc5c4)c3)CC2)=C(c2ccc(Cl)cc2)C1. The Morgan fingerprint density at radius 2 is 1.69 bits per heavy atom. The predicted octanol–water partition coefficient (Wildman–Crippen LogP) is 11.1. The van der Waals surface area contributed by atoms with Gasteiger partial charge in [0.2, 0.25) is 11.8 Å². The van der Waals surface area contributed by atoms with Crippen molar-refractivity contribution in [3.63, 3.8) is 0 Å². The number of likely N-dealkylation sites (tertiary alicyclic amines) is 1. The number of hydrogen-bond donors (Lipinski definition) is 4. The van der Waals surface area contributed by atoms with Crippen molar-refractivity contribution in [2.24, 2.45) is 11.3 Å². The molecule has 452 valence electrons. The number of pyridine rings is 1. The van der Waals surface area contributed by atoms with Crippen LogP contribution in [0.1, 0.15) is 116 Å². The van der Waals surface area contributed by atoms with Gasteiger partial charge in [0.05, 0.1) is 21.6 Å². The summed E-state index contributed by atoms with van der Waals surface area (Å²) in [5.41, 5.74) is 7.05. The molecule has 11 rings (SSSR count). The van der Waals surface area contributed by atoms with Crippen molar-refractivity contribution < 1.29 is 37.3 Å². The fraction of sp³-hybridized carbons (Fsp3) is 0.422. The van der Waals surface area contributed by atoms with Crippen LogP contribution in [0.15, 0.2) is 119 Å². The van der Waals surface area contributed by atoms with Gasteiger partial charge in [-0.3, -0.25) is 39.5 Å². The number of piperidine rings is 2. The summed E-state index contributed by atoms with van der Waals surface area (Å²) in [4.78, 5) is 80.4. The van der Waals surface area contributed by atoms with E-state index in [4.69, 9.17) is 16.3 Å². The molecule has 0 saturated carbocycles. The zero-order valence-corrected chi connectivity index (χ0v) is 51.0. The van der Waals surface area contributed by atoms with E-state index in [1.807, 2.05) is 36.4 Å². The predicted molar refractivity (Wildman–Crippen MR) is 334 cm³/mol. The number of fused-ring (bicyclic) bond motifs is 2. The number of halogens is 1. The number of carbonyl (C=O) groups is 4. The van der Waals surface area contributed by atoms with Gasteiger partial charge in [-0.05, 0) is 165 Å². The number of nitrogens with one attached hydrogen (secondary N) is 4. The van der Waals surface area contributed by atoms with E-state index in [0.29, 0.717) is 49.6 Å². The molecule has 1 aliphatic carbocycles. The standard InChI is InChI=1S/C64H73ClN10O9S2/c1-64(2)24-20-45(52(37-64)43-10-12-46(65)13-11-43)40-72-29-31-73(32-30-72)47-14-16-51(57(35-47)84-48-34-44-21-25-66-60(44)68-39-48)61(77)70-86(82,83)49-15-17-54(56(36-49)75(80)81)67-38-42-22-27-71(28-23-42)26-5-3-4-6-33-85-58-9-7-8-50-53(58)41-74(63(50)79)55-18-19-59(76)69-62(55)78/h7-17,21,25,34-36,39,42,55,67H,3-6,18-20,22-24,26-33,37-38,40-41H2,1-2H3,(H,66,68)(H,70,77)(H,69,76,78). The minimum Gasteiger partial charge on any atom is -0.455 e. The van der Waals surface area contributed by atoms with Gasteiger partial charge in [0, 0.05) is 97.1 Å². The van der Waals surface area contributed by atoms with E-state index in [1.165, 1.54) is 35.0 Å². The number of anilines is 2.